The minimum Gasteiger partial charge on any atom is -0.482 e. The van der Waals surface area contributed by atoms with Crippen LogP contribution in [0.5, 0.6) is 5.75 Å². The molecular formula is C21H19N3O6. The first-order chi connectivity index (χ1) is 14.3. The molecule has 154 valence electrons. The van der Waals surface area contributed by atoms with Crippen molar-refractivity contribution >= 4 is 23.3 Å². The van der Waals surface area contributed by atoms with Crippen molar-refractivity contribution < 1.29 is 28.4 Å². The summed E-state index contributed by atoms with van der Waals surface area (Å²) in [6.07, 6.45) is 0. The number of benzene rings is 1. The van der Waals surface area contributed by atoms with Crippen LogP contribution in [0.25, 0.3) is 5.82 Å². The van der Waals surface area contributed by atoms with Gasteiger partial charge in [-0.2, -0.15) is 0 Å². The van der Waals surface area contributed by atoms with Gasteiger partial charge in [0.2, 0.25) is 5.78 Å². The number of ether oxygens (including phenoxy) is 2. The number of hydrogen-bond acceptors (Lipinski definition) is 7. The molecule has 1 amide bonds. The lowest BCUT2D eigenvalue weighted by Crippen LogP contribution is -2.25. The van der Waals surface area contributed by atoms with E-state index in [1.807, 2.05) is 6.92 Å². The van der Waals surface area contributed by atoms with Gasteiger partial charge in [-0.15, -0.1) is 0 Å². The zero-order valence-electron chi connectivity index (χ0n) is 16.6. The van der Waals surface area contributed by atoms with Gasteiger partial charge in [-0.25, -0.2) is 4.79 Å². The minimum absolute atomic E-state index is 0.120. The van der Waals surface area contributed by atoms with Gasteiger partial charge in [-0.1, -0.05) is 5.16 Å². The van der Waals surface area contributed by atoms with Gasteiger partial charge in [-0.05, 0) is 45.0 Å². The Morgan fingerprint density at radius 1 is 1.20 bits per heavy atom. The first-order valence-corrected chi connectivity index (χ1v) is 9.23. The van der Waals surface area contributed by atoms with Crippen molar-refractivity contribution in [3.8, 4) is 11.6 Å². The van der Waals surface area contributed by atoms with Gasteiger partial charge < -0.3 is 19.3 Å². The maximum atomic E-state index is 12.7. The number of anilines is 1. The zero-order valence-corrected chi connectivity index (χ0v) is 16.6. The minimum atomic E-state index is -0.660. The quantitative estimate of drug-likeness (QED) is 0.509. The summed E-state index contributed by atoms with van der Waals surface area (Å²) in [6, 6.07) is 8.03. The van der Waals surface area contributed by atoms with Crippen LogP contribution in [-0.4, -0.2) is 40.6 Å². The molecule has 9 heteroatoms. The first kappa shape index (κ1) is 19.4. The molecule has 30 heavy (non-hydrogen) atoms. The van der Waals surface area contributed by atoms with E-state index in [9.17, 15) is 14.4 Å². The van der Waals surface area contributed by atoms with Gasteiger partial charge in [0.25, 0.3) is 5.91 Å². The Bertz CT molecular complexity index is 1170. The highest BCUT2D eigenvalue weighted by Gasteiger charge is 2.21. The fourth-order valence-corrected chi connectivity index (χ4v) is 3.35. The number of nitrogens with one attached hydrogen (secondary N) is 1. The highest BCUT2D eigenvalue weighted by molar-refractivity contribution is 6.01. The maximum absolute atomic E-state index is 12.7. The van der Waals surface area contributed by atoms with Crippen LogP contribution in [0.1, 0.15) is 37.9 Å². The Hall–Kier alpha value is -3.88. The number of amides is 1. The molecule has 0 unspecified atom stereocenters. The summed E-state index contributed by atoms with van der Waals surface area (Å²) in [5.74, 6) is 0.369. The molecule has 4 rings (SSSR count). The van der Waals surface area contributed by atoms with Crippen LogP contribution in [0.4, 0.5) is 5.69 Å². The molecule has 0 atom stereocenters. The van der Waals surface area contributed by atoms with Crippen LogP contribution in [0.3, 0.4) is 0 Å². The predicted octanol–water partition coefficient (Wildman–Crippen LogP) is 2.76. The Labute approximate surface area is 171 Å². The molecule has 1 aliphatic rings. The van der Waals surface area contributed by atoms with Gasteiger partial charge in [0.05, 0.1) is 11.3 Å². The Morgan fingerprint density at radius 3 is 2.73 bits per heavy atom. The number of fused-ring (bicyclic) bond motifs is 1. The molecule has 0 saturated carbocycles. The molecule has 0 saturated heterocycles. The largest absolute Gasteiger partial charge is 0.482 e. The van der Waals surface area contributed by atoms with E-state index in [1.165, 1.54) is 12.1 Å². The summed E-state index contributed by atoms with van der Waals surface area (Å²) in [7, 11) is 0. The molecule has 0 fully saturated rings. The Kier molecular flexibility index (Phi) is 4.86. The van der Waals surface area contributed by atoms with E-state index >= 15 is 0 Å². The van der Waals surface area contributed by atoms with Crippen LogP contribution in [0.2, 0.25) is 0 Å². The molecule has 1 aromatic carbocycles. The molecule has 0 spiro atoms. The summed E-state index contributed by atoms with van der Waals surface area (Å²) >= 11 is 0. The fraction of sp³-hybridized carbons (Fsp3) is 0.238. The first-order valence-electron chi connectivity index (χ1n) is 9.23. The lowest BCUT2D eigenvalue weighted by molar-refractivity contribution is -0.118. The molecule has 0 aliphatic carbocycles. The average molecular weight is 409 g/mol. The molecule has 0 radical (unpaired) electrons. The monoisotopic (exact) mass is 409 g/mol. The third-order valence-corrected chi connectivity index (χ3v) is 4.76. The normalized spacial score (nSPS) is 12.7. The number of nitrogens with zero attached hydrogens (tertiary/aromatic N) is 2. The van der Waals surface area contributed by atoms with Crippen LogP contribution in [0, 0.1) is 20.8 Å². The second-order valence-corrected chi connectivity index (χ2v) is 6.96. The number of carbonyl (C=O) groups is 3. The topological polar surface area (TPSA) is 113 Å². The number of rotatable bonds is 5. The molecule has 1 N–H and O–H groups in total. The molecule has 2 aromatic heterocycles. The standard InChI is InChI=1S/C21H19N3O6/c1-11-6-15(13(3)24(11)19-7-12(2)30-23-19)17(25)9-29-21(27)14-4-5-16-18(8-14)28-10-20(26)22-16/h4-8H,9-10H2,1-3H3,(H,22,26). The van der Waals surface area contributed by atoms with Crippen molar-refractivity contribution in [1.82, 2.24) is 9.72 Å². The number of aryl methyl sites for hydroxylation is 2. The highest BCUT2D eigenvalue weighted by Crippen LogP contribution is 2.29. The van der Waals surface area contributed by atoms with E-state index in [4.69, 9.17) is 14.0 Å². The number of aromatic nitrogens is 2. The van der Waals surface area contributed by atoms with Gasteiger partial charge in [0.1, 0.15) is 11.5 Å². The van der Waals surface area contributed by atoms with E-state index in [0.717, 1.165) is 5.69 Å². The summed E-state index contributed by atoms with van der Waals surface area (Å²) in [5, 5.41) is 6.63. The van der Waals surface area contributed by atoms with Crippen molar-refractivity contribution in [1.29, 1.82) is 0 Å². The lowest BCUT2D eigenvalue weighted by Gasteiger charge is -2.18. The molecule has 1 aliphatic heterocycles. The second-order valence-electron chi connectivity index (χ2n) is 6.96. The highest BCUT2D eigenvalue weighted by atomic mass is 16.5. The Balaban J connectivity index is 1.46. The van der Waals surface area contributed by atoms with E-state index in [2.05, 4.69) is 10.5 Å². The van der Waals surface area contributed by atoms with Crippen molar-refractivity contribution in [2.75, 3.05) is 18.5 Å². The number of ketones is 1. The summed E-state index contributed by atoms with van der Waals surface area (Å²) in [4.78, 5) is 36.4. The molecule has 3 heterocycles. The predicted molar refractivity (Wildman–Crippen MR) is 105 cm³/mol. The second kappa shape index (κ2) is 7.51. The van der Waals surface area contributed by atoms with E-state index in [-0.39, 0.29) is 23.9 Å². The van der Waals surface area contributed by atoms with Gasteiger partial charge >= 0.3 is 5.97 Å². The van der Waals surface area contributed by atoms with Crippen LogP contribution < -0.4 is 10.1 Å². The lowest BCUT2D eigenvalue weighted by atomic mass is 10.1. The summed E-state index contributed by atoms with van der Waals surface area (Å²) in [6.45, 7) is 4.91. The molecule has 3 aromatic rings. The summed E-state index contributed by atoms with van der Waals surface area (Å²) < 4.78 is 17.4. The summed E-state index contributed by atoms with van der Waals surface area (Å²) in [5.41, 5.74) is 2.64. The zero-order chi connectivity index (χ0) is 21.4. The molecular weight excluding hydrogens is 390 g/mol. The third-order valence-electron chi connectivity index (χ3n) is 4.76. The van der Waals surface area contributed by atoms with E-state index in [0.29, 0.717) is 34.3 Å². The maximum Gasteiger partial charge on any atom is 0.338 e. The third kappa shape index (κ3) is 3.57. The fourth-order valence-electron chi connectivity index (χ4n) is 3.35. The van der Waals surface area contributed by atoms with Crippen LogP contribution in [-0.2, 0) is 9.53 Å². The number of hydrogen-bond donors (Lipinski definition) is 1. The van der Waals surface area contributed by atoms with E-state index < -0.39 is 12.6 Å². The van der Waals surface area contributed by atoms with Gasteiger partial charge in [0.15, 0.2) is 19.0 Å². The average Bonchev–Trinajstić information content (AvgIpc) is 3.27. The Morgan fingerprint density at radius 2 is 2.00 bits per heavy atom. The number of carbonyl (C=O) groups excluding carboxylic acids is 3. The number of esters is 1. The van der Waals surface area contributed by atoms with Gasteiger partial charge in [0, 0.05) is 23.0 Å². The van der Waals surface area contributed by atoms with Crippen molar-refractivity contribution in [2.24, 2.45) is 0 Å². The van der Waals surface area contributed by atoms with Crippen molar-refractivity contribution in [2.45, 2.75) is 20.8 Å². The molecule has 9 nitrogen and oxygen atoms in total. The number of Topliss-reactive ketones (excluding diaryl/α,β-unsaturated/α-hetero) is 1. The van der Waals surface area contributed by atoms with Crippen LogP contribution in [0.15, 0.2) is 34.9 Å². The molecule has 0 bridgehead atoms. The van der Waals surface area contributed by atoms with Crippen molar-refractivity contribution in [3.63, 3.8) is 0 Å². The van der Waals surface area contributed by atoms with Crippen molar-refractivity contribution in [3.05, 3.63) is 58.6 Å². The van der Waals surface area contributed by atoms with E-state index in [1.54, 1.807) is 36.6 Å². The smallest absolute Gasteiger partial charge is 0.338 e. The SMILES string of the molecule is Cc1cc(-n2c(C)cc(C(=O)COC(=O)c3ccc4c(c3)OCC(=O)N4)c2C)no1. The van der Waals surface area contributed by atoms with Gasteiger partial charge in [-0.3, -0.25) is 14.2 Å². The van der Waals surface area contributed by atoms with Crippen LogP contribution >= 0.6 is 0 Å².